The Bertz CT molecular complexity index is 472. The second-order valence-corrected chi connectivity index (χ2v) is 6.82. The molecule has 1 saturated heterocycles. The van der Waals surface area contributed by atoms with Gasteiger partial charge in [-0.25, -0.2) is 4.68 Å². The molecule has 0 unspecified atom stereocenters. The summed E-state index contributed by atoms with van der Waals surface area (Å²) in [5.41, 5.74) is 0. The quantitative estimate of drug-likeness (QED) is 0.928. The monoisotopic (exact) mass is 292 g/mol. The number of nitrogens with one attached hydrogen (secondary N) is 1. The molecule has 0 radical (unpaired) electrons. The zero-order valence-electron chi connectivity index (χ0n) is 13.8. The number of nitrogens with zero attached hydrogens (tertiary/aromatic N) is 3. The molecule has 2 rings (SSSR count). The Balaban J connectivity index is 2.00. The molecular formula is C16H28N4O. The maximum Gasteiger partial charge on any atom is 0.242 e. The second kappa shape index (κ2) is 6.60. The van der Waals surface area contributed by atoms with Crippen LogP contribution in [0.25, 0.3) is 0 Å². The highest BCUT2D eigenvalue weighted by Gasteiger charge is 2.29. The van der Waals surface area contributed by atoms with Gasteiger partial charge in [-0.1, -0.05) is 13.8 Å². The summed E-state index contributed by atoms with van der Waals surface area (Å²) in [7, 11) is 0. The Labute approximate surface area is 127 Å². The van der Waals surface area contributed by atoms with Crippen molar-refractivity contribution in [2.45, 2.75) is 53.1 Å². The van der Waals surface area contributed by atoms with E-state index in [9.17, 15) is 4.79 Å². The number of amides is 1. The number of aromatic nitrogens is 2. The smallest absolute Gasteiger partial charge is 0.242 e. The minimum atomic E-state index is -0.106. The van der Waals surface area contributed by atoms with Gasteiger partial charge in [0, 0.05) is 25.2 Å². The predicted molar refractivity (Wildman–Crippen MR) is 85.2 cm³/mol. The lowest BCUT2D eigenvalue weighted by molar-refractivity contribution is -0.121. The molecule has 0 aliphatic carbocycles. The molecule has 118 valence electrons. The summed E-state index contributed by atoms with van der Waals surface area (Å²) in [5, 5.41) is 7.27. The van der Waals surface area contributed by atoms with E-state index in [4.69, 9.17) is 0 Å². The van der Waals surface area contributed by atoms with Crippen LogP contribution in [0.4, 0.5) is 5.82 Å². The van der Waals surface area contributed by atoms with Gasteiger partial charge in [0.2, 0.25) is 5.91 Å². The highest BCUT2D eigenvalue weighted by molar-refractivity contribution is 5.93. The molecule has 5 heteroatoms. The van der Waals surface area contributed by atoms with Crippen LogP contribution >= 0.6 is 0 Å². The Kier molecular flexibility index (Phi) is 5.04. The summed E-state index contributed by atoms with van der Waals surface area (Å²) in [6.07, 6.45) is 2.98. The molecule has 21 heavy (non-hydrogen) atoms. The minimum Gasteiger partial charge on any atom is -0.310 e. The molecule has 0 bridgehead atoms. The van der Waals surface area contributed by atoms with Crippen LogP contribution in [0.1, 0.15) is 47.1 Å². The largest absolute Gasteiger partial charge is 0.310 e. The van der Waals surface area contributed by atoms with Crippen molar-refractivity contribution in [2.24, 2.45) is 11.8 Å². The van der Waals surface area contributed by atoms with Crippen LogP contribution in [0, 0.1) is 11.8 Å². The van der Waals surface area contributed by atoms with Gasteiger partial charge >= 0.3 is 0 Å². The number of rotatable bonds is 4. The average Bonchev–Trinajstić information content (AvgIpc) is 2.84. The van der Waals surface area contributed by atoms with Crippen molar-refractivity contribution in [3.05, 3.63) is 12.3 Å². The van der Waals surface area contributed by atoms with Gasteiger partial charge < -0.3 is 5.32 Å². The van der Waals surface area contributed by atoms with Crippen molar-refractivity contribution >= 4 is 11.7 Å². The third kappa shape index (κ3) is 3.84. The van der Waals surface area contributed by atoms with Gasteiger partial charge in [-0.3, -0.25) is 9.69 Å². The van der Waals surface area contributed by atoms with Gasteiger partial charge in [-0.05, 0) is 39.0 Å². The molecule has 5 nitrogen and oxygen atoms in total. The standard InChI is InChI=1S/C16H28N4O/c1-11(2)20-15(6-7-17-20)18-16(21)14(5)19-9-12(3)8-13(4)10-19/h6-7,11-14H,8-10H2,1-5H3,(H,18,21)/t12-,13+,14-/m1/s1. The molecule has 0 spiro atoms. The molecule has 1 aliphatic heterocycles. The summed E-state index contributed by atoms with van der Waals surface area (Å²) in [6.45, 7) is 12.6. The van der Waals surface area contributed by atoms with E-state index in [2.05, 4.69) is 43.0 Å². The van der Waals surface area contributed by atoms with Crippen LogP contribution in [0.3, 0.4) is 0 Å². The topological polar surface area (TPSA) is 50.2 Å². The number of likely N-dealkylation sites (tertiary alicyclic amines) is 1. The van der Waals surface area contributed by atoms with Crippen molar-refractivity contribution in [3.63, 3.8) is 0 Å². The van der Waals surface area contributed by atoms with E-state index >= 15 is 0 Å². The van der Waals surface area contributed by atoms with E-state index in [0.29, 0.717) is 11.8 Å². The Hall–Kier alpha value is -1.36. The van der Waals surface area contributed by atoms with E-state index in [0.717, 1.165) is 18.9 Å². The third-order valence-corrected chi connectivity index (χ3v) is 4.23. The lowest BCUT2D eigenvalue weighted by atomic mass is 9.91. The van der Waals surface area contributed by atoms with Crippen molar-refractivity contribution in [1.29, 1.82) is 0 Å². The van der Waals surface area contributed by atoms with Crippen LogP contribution in [0.2, 0.25) is 0 Å². The molecule has 2 heterocycles. The van der Waals surface area contributed by atoms with Crippen molar-refractivity contribution < 1.29 is 4.79 Å². The Morgan fingerprint density at radius 2 is 1.90 bits per heavy atom. The predicted octanol–water partition coefficient (Wildman–Crippen LogP) is 2.77. The van der Waals surface area contributed by atoms with E-state index in [1.165, 1.54) is 6.42 Å². The molecule has 1 amide bonds. The van der Waals surface area contributed by atoms with Crippen LogP contribution in [0.5, 0.6) is 0 Å². The number of anilines is 1. The molecule has 3 atom stereocenters. The van der Waals surface area contributed by atoms with Gasteiger partial charge in [-0.2, -0.15) is 5.10 Å². The summed E-state index contributed by atoms with van der Waals surface area (Å²) in [4.78, 5) is 14.8. The first-order valence-corrected chi connectivity index (χ1v) is 7.97. The zero-order chi connectivity index (χ0) is 15.6. The normalized spacial score (nSPS) is 25.0. The molecule has 1 aliphatic rings. The molecule has 0 aromatic carbocycles. The highest BCUT2D eigenvalue weighted by Crippen LogP contribution is 2.23. The fraction of sp³-hybridized carbons (Fsp3) is 0.750. The number of hydrogen-bond donors (Lipinski definition) is 1. The van der Waals surface area contributed by atoms with Crippen molar-refractivity contribution in [3.8, 4) is 0 Å². The van der Waals surface area contributed by atoms with Gasteiger partial charge in [0.05, 0.1) is 12.2 Å². The van der Waals surface area contributed by atoms with Gasteiger partial charge in [-0.15, -0.1) is 0 Å². The zero-order valence-corrected chi connectivity index (χ0v) is 13.8. The van der Waals surface area contributed by atoms with E-state index in [-0.39, 0.29) is 18.0 Å². The molecule has 1 fully saturated rings. The number of hydrogen-bond acceptors (Lipinski definition) is 3. The first kappa shape index (κ1) is 16.0. The molecule has 1 N–H and O–H groups in total. The van der Waals surface area contributed by atoms with E-state index in [1.54, 1.807) is 6.20 Å². The number of piperidine rings is 1. The Morgan fingerprint density at radius 1 is 1.29 bits per heavy atom. The maximum atomic E-state index is 12.5. The SMILES string of the molecule is CC(C)n1nccc1NC(=O)[C@@H](C)N1C[C@H](C)C[C@H](C)C1. The van der Waals surface area contributed by atoms with Crippen molar-refractivity contribution in [1.82, 2.24) is 14.7 Å². The summed E-state index contributed by atoms with van der Waals surface area (Å²) in [5.74, 6) is 2.15. The Morgan fingerprint density at radius 3 is 2.48 bits per heavy atom. The third-order valence-electron chi connectivity index (χ3n) is 4.23. The van der Waals surface area contributed by atoms with Gasteiger partial charge in [0.15, 0.2) is 0 Å². The first-order chi connectivity index (χ1) is 9.88. The van der Waals surface area contributed by atoms with Crippen LogP contribution in [-0.4, -0.2) is 39.7 Å². The molecule has 1 aromatic rings. The fourth-order valence-corrected chi connectivity index (χ4v) is 3.25. The molecule has 0 saturated carbocycles. The second-order valence-electron chi connectivity index (χ2n) is 6.82. The summed E-state index contributed by atoms with van der Waals surface area (Å²) >= 11 is 0. The average molecular weight is 292 g/mol. The van der Waals surface area contributed by atoms with Crippen LogP contribution < -0.4 is 5.32 Å². The van der Waals surface area contributed by atoms with Gasteiger partial charge in [0.25, 0.3) is 0 Å². The lowest BCUT2D eigenvalue weighted by Crippen LogP contribution is -2.49. The van der Waals surface area contributed by atoms with E-state index in [1.807, 2.05) is 17.7 Å². The number of carbonyl (C=O) groups excluding carboxylic acids is 1. The van der Waals surface area contributed by atoms with Crippen LogP contribution in [-0.2, 0) is 4.79 Å². The molecule has 1 aromatic heterocycles. The first-order valence-electron chi connectivity index (χ1n) is 7.97. The molecular weight excluding hydrogens is 264 g/mol. The lowest BCUT2D eigenvalue weighted by Gasteiger charge is -2.38. The highest BCUT2D eigenvalue weighted by atomic mass is 16.2. The number of carbonyl (C=O) groups is 1. The summed E-state index contributed by atoms with van der Waals surface area (Å²) in [6, 6.07) is 1.98. The van der Waals surface area contributed by atoms with Crippen LogP contribution in [0.15, 0.2) is 12.3 Å². The van der Waals surface area contributed by atoms with Gasteiger partial charge in [0.1, 0.15) is 5.82 Å². The van der Waals surface area contributed by atoms with Crippen molar-refractivity contribution in [2.75, 3.05) is 18.4 Å². The van der Waals surface area contributed by atoms with E-state index < -0.39 is 0 Å². The minimum absolute atomic E-state index is 0.0544. The maximum absolute atomic E-state index is 12.5. The fourth-order valence-electron chi connectivity index (χ4n) is 3.25. The summed E-state index contributed by atoms with van der Waals surface area (Å²) < 4.78 is 1.84.